The molecule has 0 aliphatic heterocycles. The first-order valence-electron chi connectivity index (χ1n) is 10.0. The molecule has 0 aliphatic carbocycles. The van der Waals surface area contributed by atoms with Crippen molar-refractivity contribution in [3.8, 4) is 5.75 Å². The molecule has 162 valence electrons. The molecule has 0 bridgehead atoms. The SMILES string of the molecule is CCn1c(COc2ccc(C)cc2C)nnc1SCC(=O)Nc1ccc(C(C)=O)cc1. The lowest BCUT2D eigenvalue weighted by molar-refractivity contribution is -0.113. The van der Waals surface area contributed by atoms with Gasteiger partial charge >= 0.3 is 0 Å². The first-order valence-corrected chi connectivity index (χ1v) is 11.0. The average molecular weight is 439 g/mol. The summed E-state index contributed by atoms with van der Waals surface area (Å²) in [6.07, 6.45) is 0. The van der Waals surface area contributed by atoms with Crippen molar-refractivity contribution in [1.29, 1.82) is 0 Å². The third kappa shape index (κ3) is 5.95. The fraction of sp³-hybridized carbons (Fsp3) is 0.304. The van der Waals surface area contributed by atoms with Gasteiger partial charge in [0.05, 0.1) is 5.75 Å². The molecule has 7 nitrogen and oxygen atoms in total. The molecule has 0 saturated heterocycles. The fourth-order valence-electron chi connectivity index (χ4n) is 3.07. The number of amides is 1. The maximum Gasteiger partial charge on any atom is 0.234 e. The van der Waals surface area contributed by atoms with Gasteiger partial charge in [-0.3, -0.25) is 9.59 Å². The lowest BCUT2D eigenvalue weighted by atomic mass is 10.1. The Kier molecular flexibility index (Phi) is 7.46. The molecule has 0 radical (unpaired) electrons. The van der Waals surface area contributed by atoms with E-state index >= 15 is 0 Å². The van der Waals surface area contributed by atoms with Gasteiger partial charge in [0, 0.05) is 17.8 Å². The normalized spacial score (nSPS) is 10.7. The van der Waals surface area contributed by atoms with Crippen LogP contribution < -0.4 is 10.1 Å². The van der Waals surface area contributed by atoms with Gasteiger partial charge < -0.3 is 14.6 Å². The lowest BCUT2D eigenvalue weighted by Crippen LogP contribution is -2.15. The number of Topliss-reactive ketones (excluding diaryl/α,β-unsaturated/α-hetero) is 1. The van der Waals surface area contributed by atoms with E-state index in [0.29, 0.717) is 35.4 Å². The lowest BCUT2D eigenvalue weighted by Gasteiger charge is -2.11. The minimum absolute atomic E-state index is 0.00958. The number of rotatable bonds is 9. The number of ether oxygens (including phenoxy) is 1. The molecule has 2 aromatic carbocycles. The quantitative estimate of drug-likeness (QED) is 0.393. The highest BCUT2D eigenvalue weighted by atomic mass is 32.2. The molecule has 31 heavy (non-hydrogen) atoms. The average Bonchev–Trinajstić information content (AvgIpc) is 3.14. The summed E-state index contributed by atoms with van der Waals surface area (Å²) in [4.78, 5) is 23.6. The van der Waals surface area contributed by atoms with Crippen LogP contribution in [0.3, 0.4) is 0 Å². The van der Waals surface area contributed by atoms with Gasteiger partial charge in [-0.05, 0) is 63.6 Å². The molecule has 1 amide bonds. The second-order valence-electron chi connectivity index (χ2n) is 7.17. The summed E-state index contributed by atoms with van der Waals surface area (Å²) < 4.78 is 7.88. The highest BCUT2D eigenvalue weighted by Crippen LogP contribution is 2.22. The molecule has 0 aliphatic rings. The minimum atomic E-state index is -0.153. The van der Waals surface area contributed by atoms with E-state index in [4.69, 9.17) is 4.74 Å². The van der Waals surface area contributed by atoms with Gasteiger partial charge in [0.2, 0.25) is 5.91 Å². The molecule has 1 heterocycles. The Labute approximate surface area is 186 Å². The van der Waals surface area contributed by atoms with Crippen LogP contribution in [0.5, 0.6) is 5.75 Å². The van der Waals surface area contributed by atoms with E-state index in [9.17, 15) is 9.59 Å². The zero-order chi connectivity index (χ0) is 22.4. The van der Waals surface area contributed by atoms with Crippen LogP contribution in [0.4, 0.5) is 5.69 Å². The molecule has 0 saturated carbocycles. The summed E-state index contributed by atoms with van der Waals surface area (Å²) in [7, 11) is 0. The van der Waals surface area contributed by atoms with Crippen molar-refractivity contribution in [2.75, 3.05) is 11.1 Å². The van der Waals surface area contributed by atoms with Crippen LogP contribution in [-0.2, 0) is 17.9 Å². The van der Waals surface area contributed by atoms with Crippen molar-refractivity contribution >= 4 is 29.1 Å². The molecular formula is C23H26N4O3S. The molecule has 0 atom stereocenters. The summed E-state index contributed by atoms with van der Waals surface area (Å²) in [5, 5.41) is 12.0. The largest absolute Gasteiger partial charge is 0.485 e. The fourth-order valence-corrected chi connectivity index (χ4v) is 3.89. The molecule has 0 spiro atoms. The summed E-state index contributed by atoms with van der Waals surface area (Å²) in [6.45, 7) is 8.56. The predicted octanol–water partition coefficient (Wildman–Crippen LogP) is 4.43. The van der Waals surface area contributed by atoms with Gasteiger partial charge in [-0.1, -0.05) is 29.5 Å². The van der Waals surface area contributed by atoms with Gasteiger partial charge in [0.1, 0.15) is 12.4 Å². The van der Waals surface area contributed by atoms with Gasteiger partial charge in [-0.2, -0.15) is 0 Å². The molecule has 0 fully saturated rings. The third-order valence-electron chi connectivity index (χ3n) is 4.70. The van der Waals surface area contributed by atoms with Gasteiger partial charge in [-0.15, -0.1) is 10.2 Å². The van der Waals surface area contributed by atoms with E-state index in [1.807, 2.05) is 37.5 Å². The van der Waals surface area contributed by atoms with Crippen molar-refractivity contribution in [3.63, 3.8) is 0 Å². The highest BCUT2D eigenvalue weighted by Gasteiger charge is 2.14. The van der Waals surface area contributed by atoms with E-state index in [2.05, 4.69) is 21.6 Å². The first-order chi connectivity index (χ1) is 14.9. The van der Waals surface area contributed by atoms with E-state index in [-0.39, 0.29) is 17.4 Å². The van der Waals surface area contributed by atoms with Gasteiger partial charge in [0.25, 0.3) is 0 Å². The molecule has 3 aromatic rings. The predicted molar refractivity (Wildman–Crippen MR) is 122 cm³/mol. The number of aryl methyl sites for hydroxylation is 2. The molecular weight excluding hydrogens is 412 g/mol. The Morgan fingerprint density at radius 2 is 1.84 bits per heavy atom. The number of nitrogens with one attached hydrogen (secondary N) is 1. The number of hydrogen-bond donors (Lipinski definition) is 1. The number of ketones is 1. The summed E-state index contributed by atoms with van der Waals surface area (Å²) >= 11 is 1.32. The van der Waals surface area contributed by atoms with Crippen molar-refractivity contribution in [2.45, 2.75) is 46.0 Å². The van der Waals surface area contributed by atoms with Crippen LogP contribution in [0.2, 0.25) is 0 Å². The van der Waals surface area contributed by atoms with Crippen LogP contribution in [0, 0.1) is 13.8 Å². The number of aromatic nitrogens is 3. The van der Waals surface area contributed by atoms with E-state index in [1.165, 1.54) is 24.2 Å². The van der Waals surface area contributed by atoms with Crippen LogP contribution in [-0.4, -0.2) is 32.2 Å². The summed E-state index contributed by atoms with van der Waals surface area (Å²) in [6, 6.07) is 12.9. The zero-order valence-electron chi connectivity index (χ0n) is 18.1. The van der Waals surface area contributed by atoms with Crippen molar-refractivity contribution in [1.82, 2.24) is 14.8 Å². The minimum Gasteiger partial charge on any atom is -0.485 e. The maximum atomic E-state index is 12.3. The zero-order valence-corrected chi connectivity index (χ0v) is 19.0. The number of hydrogen-bond acceptors (Lipinski definition) is 6. The number of nitrogens with zero attached hydrogens (tertiary/aromatic N) is 3. The van der Waals surface area contributed by atoms with E-state index in [0.717, 1.165) is 11.3 Å². The molecule has 1 N–H and O–H groups in total. The number of benzene rings is 2. The topological polar surface area (TPSA) is 86.1 Å². The van der Waals surface area contributed by atoms with E-state index in [1.54, 1.807) is 24.3 Å². The van der Waals surface area contributed by atoms with Gasteiger partial charge in [-0.25, -0.2) is 0 Å². The molecule has 0 unspecified atom stereocenters. The molecule has 3 rings (SSSR count). The molecule has 8 heteroatoms. The van der Waals surface area contributed by atoms with Crippen molar-refractivity contribution < 1.29 is 14.3 Å². The Hall–Kier alpha value is -3.13. The third-order valence-corrected chi connectivity index (χ3v) is 5.67. The Morgan fingerprint density at radius 3 is 2.48 bits per heavy atom. The number of thioether (sulfide) groups is 1. The van der Waals surface area contributed by atoms with Crippen LogP contribution in [0.15, 0.2) is 47.6 Å². The monoisotopic (exact) mass is 438 g/mol. The Balaban J connectivity index is 1.57. The van der Waals surface area contributed by atoms with Crippen LogP contribution in [0.1, 0.15) is 41.2 Å². The second-order valence-corrected chi connectivity index (χ2v) is 8.11. The summed E-state index contributed by atoms with van der Waals surface area (Å²) in [5.41, 5.74) is 3.52. The van der Waals surface area contributed by atoms with Crippen LogP contribution in [0.25, 0.3) is 0 Å². The summed E-state index contributed by atoms with van der Waals surface area (Å²) in [5.74, 6) is 1.57. The van der Waals surface area contributed by atoms with E-state index < -0.39 is 0 Å². The standard InChI is InChI=1S/C23H26N4O3S/c1-5-27-21(13-30-20-11-6-15(2)12-16(20)3)25-26-23(27)31-14-22(29)24-19-9-7-18(8-10-19)17(4)28/h6-12H,5,13-14H2,1-4H3,(H,24,29). The van der Waals surface area contributed by atoms with Crippen molar-refractivity contribution in [2.24, 2.45) is 0 Å². The van der Waals surface area contributed by atoms with Crippen molar-refractivity contribution in [3.05, 3.63) is 65.0 Å². The number of carbonyl (C=O) groups excluding carboxylic acids is 2. The highest BCUT2D eigenvalue weighted by molar-refractivity contribution is 7.99. The molecule has 1 aromatic heterocycles. The second kappa shape index (κ2) is 10.3. The smallest absolute Gasteiger partial charge is 0.234 e. The maximum absolute atomic E-state index is 12.3. The first kappa shape index (κ1) is 22.6. The Morgan fingerprint density at radius 1 is 1.10 bits per heavy atom. The van der Waals surface area contributed by atoms with Crippen LogP contribution >= 0.6 is 11.8 Å². The number of carbonyl (C=O) groups is 2. The van der Waals surface area contributed by atoms with Gasteiger partial charge in [0.15, 0.2) is 16.8 Å². The number of anilines is 1. The Bertz CT molecular complexity index is 1080.